The average molecular weight is 709 g/mol. The van der Waals surface area contributed by atoms with Crippen molar-refractivity contribution >= 4 is 42.9 Å². The topological polar surface area (TPSA) is 175 Å². The van der Waals surface area contributed by atoms with E-state index in [0.717, 1.165) is 19.3 Å². The number of amides is 2. The lowest BCUT2D eigenvalue weighted by Crippen LogP contribution is -2.56. The van der Waals surface area contributed by atoms with Crippen molar-refractivity contribution in [3.63, 3.8) is 0 Å². The van der Waals surface area contributed by atoms with Crippen LogP contribution in [-0.2, 0) is 13.6 Å². The molecule has 0 saturated carbocycles. The Hall–Kier alpha value is -5.96. The largest absolute Gasteiger partial charge is 0.398 e. The van der Waals surface area contributed by atoms with Crippen LogP contribution in [0.4, 0.5) is 21.9 Å². The lowest BCUT2D eigenvalue weighted by molar-refractivity contribution is 0.211. The van der Waals surface area contributed by atoms with Gasteiger partial charge in [0.1, 0.15) is 0 Å². The van der Waals surface area contributed by atoms with Gasteiger partial charge in [-0.1, -0.05) is 36.4 Å². The average Bonchev–Trinajstić information content (AvgIpc) is 3.10. The summed E-state index contributed by atoms with van der Waals surface area (Å²) in [6, 6.07) is 20.6. The van der Waals surface area contributed by atoms with Gasteiger partial charge in [0.05, 0.1) is 29.0 Å². The summed E-state index contributed by atoms with van der Waals surface area (Å²) in [6.45, 7) is 6.92. The fourth-order valence-electron chi connectivity index (χ4n) is 5.65. The van der Waals surface area contributed by atoms with Crippen LogP contribution in [0, 0.1) is 27.7 Å². The zero-order chi connectivity index (χ0) is 37.0. The summed E-state index contributed by atoms with van der Waals surface area (Å²) < 4.78 is 13.6. The summed E-state index contributed by atoms with van der Waals surface area (Å²) in [7, 11) is -0.0816. The van der Waals surface area contributed by atoms with E-state index in [1.54, 1.807) is 75.4 Å². The Balaban J connectivity index is 1.63. The number of nitrogens with zero attached hydrogens (tertiary/aromatic N) is 4. The minimum absolute atomic E-state index is 0.113. The molecule has 0 atom stereocenters. The normalized spacial score (nSPS) is 11.2. The Morgan fingerprint density at radius 1 is 0.706 bits per heavy atom. The highest BCUT2D eigenvalue weighted by molar-refractivity contribution is 6.80. The van der Waals surface area contributed by atoms with Crippen molar-refractivity contribution in [2.45, 2.75) is 27.7 Å². The van der Waals surface area contributed by atoms with Gasteiger partial charge in [-0.25, -0.2) is 37.7 Å². The second-order valence-corrected chi connectivity index (χ2v) is 15.0. The molecule has 0 unspecified atom stereocenters. The molecule has 0 aliphatic carbocycles. The Bertz CT molecular complexity index is 2360. The van der Waals surface area contributed by atoms with Gasteiger partial charge in [-0.2, -0.15) is 4.99 Å². The Kier molecular flexibility index (Phi) is 10.6. The molecule has 5 rings (SSSR count). The quantitative estimate of drug-likeness (QED) is 0.112. The van der Waals surface area contributed by atoms with Crippen LogP contribution >= 0.6 is 0 Å². The molecule has 0 radical (unpaired) electrons. The van der Waals surface area contributed by atoms with Crippen LogP contribution in [0.25, 0.3) is 17.1 Å². The van der Waals surface area contributed by atoms with Crippen LogP contribution in [0.5, 0.6) is 0 Å². The summed E-state index contributed by atoms with van der Waals surface area (Å²) in [4.78, 5) is 70.6. The van der Waals surface area contributed by atoms with Crippen molar-refractivity contribution in [2.75, 3.05) is 31.1 Å². The van der Waals surface area contributed by atoms with Gasteiger partial charge in [0, 0.05) is 25.6 Å². The molecule has 1 heterocycles. The second kappa shape index (κ2) is 14.9. The highest BCUT2D eigenvalue weighted by Crippen LogP contribution is 2.22. The van der Waals surface area contributed by atoms with Gasteiger partial charge in [0.15, 0.2) is 0 Å². The number of hydrogen-bond donors (Lipinski definition) is 3. The summed E-state index contributed by atoms with van der Waals surface area (Å²) >= 11 is 0. The smallest absolute Gasteiger partial charge is 0.394 e. The van der Waals surface area contributed by atoms with Gasteiger partial charge in [0.2, 0.25) is 6.08 Å². The zero-order valence-corrected chi connectivity index (χ0v) is 29.8. The fourth-order valence-corrected chi connectivity index (χ4v) is 7.41. The Labute approximate surface area is 293 Å². The number of hydrogen-bond acceptors (Lipinski definition) is 9. The molecular formula is C36H36N6O8Si. The third-order valence-electron chi connectivity index (χ3n) is 8.52. The van der Waals surface area contributed by atoms with Gasteiger partial charge in [0.25, 0.3) is 0 Å². The summed E-state index contributed by atoms with van der Waals surface area (Å²) in [5.74, 6) is 0. The molecule has 51 heavy (non-hydrogen) atoms. The number of aliphatic imine (C=N–C) groups is 1. The minimum Gasteiger partial charge on any atom is -0.394 e. The number of aromatic nitrogens is 3. The molecule has 4 aromatic carbocycles. The second-order valence-electron chi connectivity index (χ2n) is 11.8. The number of aliphatic hydroxyl groups excluding tert-OH is 1. The molecule has 0 aliphatic heterocycles. The number of carbonyl (C=O) groups excluding carboxylic acids is 2. The first-order valence-corrected chi connectivity index (χ1v) is 17.7. The molecule has 262 valence electrons. The van der Waals surface area contributed by atoms with Crippen molar-refractivity contribution < 1.29 is 23.5 Å². The van der Waals surface area contributed by atoms with Crippen molar-refractivity contribution in [2.24, 2.45) is 4.99 Å². The number of aryl methyl sites for hydroxylation is 4. The monoisotopic (exact) mass is 708 g/mol. The Morgan fingerprint density at radius 2 is 1.18 bits per heavy atom. The van der Waals surface area contributed by atoms with Crippen molar-refractivity contribution in [1.29, 1.82) is 0 Å². The van der Waals surface area contributed by atoms with E-state index in [4.69, 9.17) is 8.85 Å². The maximum atomic E-state index is 14.3. The van der Waals surface area contributed by atoms with E-state index in [9.17, 15) is 29.1 Å². The van der Waals surface area contributed by atoms with Crippen LogP contribution in [0.2, 0.25) is 0 Å². The molecule has 3 N–H and O–H groups in total. The van der Waals surface area contributed by atoms with E-state index in [1.165, 1.54) is 38.5 Å². The number of aliphatic hydroxyl groups is 1. The number of rotatable bonds is 10. The van der Waals surface area contributed by atoms with Crippen LogP contribution < -0.4 is 32.9 Å². The summed E-state index contributed by atoms with van der Waals surface area (Å²) in [5.41, 5.74) is 0.919. The van der Waals surface area contributed by atoms with E-state index < -0.39 is 31.7 Å². The first-order chi connectivity index (χ1) is 24.4. The number of urea groups is 1. The molecule has 0 spiro atoms. The van der Waals surface area contributed by atoms with E-state index in [1.807, 2.05) is 13.0 Å². The number of nitrogens with one attached hydrogen (secondary N) is 2. The molecule has 1 aromatic heterocycles. The molecule has 0 bridgehead atoms. The SMILES string of the molecule is CO[Si](CO)(OC)c1ccc(NC(=O)Nc2ccc(C)c(-n3c(=O)n(-c4cc(C)ccc4C)c(=O)n(-c4cc(N=C=O)ccc4C)c3=O)c2)cc1. The van der Waals surface area contributed by atoms with Gasteiger partial charge in [-0.15, -0.1) is 0 Å². The van der Waals surface area contributed by atoms with Crippen molar-refractivity contribution in [3.8, 4) is 17.1 Å². The first-order valence-electron chi connectivity index (χ1n) is 15.7. The highest BCUT2D eigenvalue weighted by atomic mass is 28.4. The van der Waals surface area contributed by atoms with Crippen molar-refractivity contribution in [1.82, 2.24) is 13.7 Å². The predicted molar refractivity (Wildman–Crippen MR) is 196 cm³/mol. The molecule has 0 fully saturated rings. The van der Waals surface area contributed by atoms with E-state index in [2.05, 4.69) is 15.6 Å². The van der Waals surface area contributed by atoms with Gasteiger partial charge in [-0.05, 0) is 97.6 Å². The summed E-state index contributed by atoms with van der Waals surface area (Å²) in [6.07, 6.45) is 1.17. The van der Waals surface area contributed by atoms with Gasteiger partial charge in [-0.3, -0.25) is 0 Å². The van der Waals surface area contributed by atoms with Crippen LogP contribution in [0.15, 0.2) is 98.2 Å². The summed E-state index contributed by atoms with van der Waals surface area (Å²) in [5, 5.41) is 16.0. The van der Waals surface area contributed by atoms with E-state index >= 15 is 0 Å². The lowest BCUT2D eigenvalue weighted by atomic mass is 10.1. The third-order valence-corrected chi connectivity index (χ3v) is 11.5. The highest BCUT2D eigenvalue weighted by Gasteiger charge is 2.37. The van der Waals surface area contributed by atoms with E-state index in [0.29, 0.717) is 27.6 Å². The molecule has 2 amide bonds. The van der Waals surface area contributed by atoms with Crippen LogP contribution in [-0.4, -0.2) is 59.9 Å². The minimum atomic E-state index is -3.01. The molecule has 15 heteroatoms. The third kappa shape index (κ3) is 7.05. The Morgan fingerprint density at radius 3 is 1.71 bits per heavy atom. The number of anilines is 2. The molecule has 5 aromatic rings. The number of carbonyl (C=O) groups is 1. The fraction of sp³-hybridized carbons (Fsp3) is 0.194. The molecule has 0 aliphatic rings. The molecule has 14 nitrogen and oxygen atoms in total. The number of benzene rings is 4. The standard InChI is InChI=1S/C36H36N6O8Si/c1-22-7-8-23(2)30(17-22)40-34(46)41(31-18-27(37-20-43)11-9-24(31)3)36(48)42(35(40)47)32-19-28(12-10-25(32)4)39-33(45)38-26-13-15-29(16-14-26)51(21-44,49-5)50-6/h7-19,44H,21H2,1-6H3,(H2,38,39,45). The predicted octanol–water partition coefficient (Wildman–Crippen LogP) is 3.46. The van der Waals surface area contributed by atoms with Crippen molar-refractivity contribution in [3.05, 3.63) is 133 Å². The molecule has 0 saturated heterocycles. The lowest BCUT2D eigenvalue weighted by Gasteiger charge is -2.25. The van der Waals surface area contributed by atoms with Gasteiger partial charge < -0.3 is 24.6 Å². The van der Waals surface area contributed by atoms with Gasteiger partial charge >= 0.3 is 31.7 Å². The van der Waals surface area contributed by atoms with E-state index in [-0.39, 0.29) is 34.7 Å². The maximum absolute atomic E-state index is 14.3. The number of isocyanates is 1. The first kappa shape index (κ1) is 36.3. The maximum Gasteiger partial charge on any atom is 0.398 e. The van der Waals surface area contributed by atoms with Crippen LogP contribution in [0.1, 0.15) is 22.3 Å². The molecular weight excluding hydrogens is 673 g/mol. The zero-order valence-electron chi connectivity index (χ0n) is 28.8. The van der Waals surface area contributed by atoms with Crippen LogP contribution in [0.3, 0.4) is 0 Å².